The molecule has 0 aromatic carbocycles. The van der Waals surface area contributed by atoms with E-state index in [0.717, 1.165) is 62.4 Å². The molecule has 1 N–H and O–H groups in total. The third-order valence-electron chi connectivity index (χ3n) is 7.67. The smallest absolute Gasteiger partial charge is 0.165 e. The molecule has 3 aromatic rings. The number of halogens is 1. The first-order chi connectivity index (χ1) is 17.4. The first-order valence-corrected chi connectivity index (χ1v) is 12.8. The van der Waals surface area contributed by atoms with E-state index >= 15 is 4.39 Å². The van der Waals surface area contributed by atoms with Gasteiger partial charge in [0.2, 0.25) is 0 Å². The number of hydrogen-bond donors (Lipinski definition) is 1. The Hall–Kier alpha value is -3.27. The van der Waals surface area contributed by atoms with Crippen molar-refractivity contribution in [2.75, 3.05) is 25.0 Å². The maximum atomic E-state index is 15.5. The summed E-state index contributed by atoms with van der Waals surface area (Å²) in [5.74, 6) is 2.81. The third-order valence-corrected chi connectivity index (χ3v) is 7.67. The van der Waals surface area contributed by atoms with E-state index in [-0.39, 0.29) is 12.1 Å². The van der Waals surface area contributed by atoms with Gasteiger partial charge >= 0.3 is 0 Å². The second-order valence-electron chi connectivity index (χ2n) is 10.5. The number of rotatable bonds is 0. The molecule has 0 spiro atoms. The molecule has 36 heavy (non-hydrogen) atoms. The lowest BCUT2D eigenvalue weighted by molar-refractivity contribution is -0.0335. The average Bonchev–Trinajstić information content (AvgIpc) is 3.39. The summed E-state index contributed by atoms with van der Waals surface area (Å²) in [5, 5.41) is 12.3. The van der Waals surface area contributed by atoms with E-state index < -0.39 is 6.17 Å². The van der Waals surface area contributed by atoms with Gasteiger partial charge in [0.05, 0.1) is 24.0 Å². The molecule has 9 nitrogen and oxygen atoms in total. The highest BCUT2D eigenvalue weighted by molar-refractivity contribution is 5.85. The Morgan fingerprint density at radius 2 is 2.03 bits per heavy atom. The molecule has 6 rings (SSSR count). The molecule has 1 fully saturated rings. The number of fused-ring (bicyclic) bond motifs is 6. The highest BCUT2D eigenvalue weighted by Crippen LogP contribution is 2.37. The summed E-state index contributed by atoms with van der Waals surface area (Å²) in [4.78, 5) is 11.9. The van der Waals surface area contributed by atoms with Gasteiger partial charge in [-0.25, -0.2) is 14.4 Å². The summed E-state index contributed by atoms with van der Waals surface area (Å²) >= 11 is 0. The van der Waals surface area contributed by atoms with Crippen LogP contribution in [0.25, 0.3) is 11.6 Å². The number of ether oxygens (including phenoxy) is 1. The molecule has 5 bridgehead atoms. The summed E-state index contributed by atoms with van der Waals surface area (Å²) in [6.07, 6.45) is 7.56. The van der Waals surface area contributed by atoms with Crippen LogP contribution in [0.2, 0.25) is 0 Å². The number of alkyl halides is 1. The maximum absolute atomic E-state index is 15.5. The topological polar surface area (TPSA) is 85.9 Å². The van der Waals surface area contributed by atoms with Crippen LogP contribution in [0.15, 0.2) is 18.3 Å². The van der Waals surface area contributed by atoms with Crippen LogP contribution in [0.1, 0.15) is 55.5 Å². The molecule has 0 aliphatic carbocycles. The summed E-state index contributed by atoms with van der Waals surface area (Å²) in [5.41, 5.74) is 2.97. The predicted molar refractivity (Wildman–Crippen MR) is 136 cm³/mol. The summed E-state index contributed by atoms with van der Waals surface area (Å²) < 4.78 is 25.2. The van der Waals surface area contributed by atoms with Crippen molar-refractivity contribution in [3.8, 4) is 5.75 Å². The number of anilines is 2. The van der Waals surface area contributed by atoms with E-state index in [9.17, 15) is 0 Å². The molecule has 0 saturated carbocycles. The molecule has 10 heteroatoms. The monoisotopic (exact) mass is 492 g/mol. The van der Waals surface area contributed by atoms with Crippen molar-refractivity contribution in [2.24, 2.45) is 7.05 Å². The summed E-state index contributed by atoms with van der Waals surface area (Å²) in [7, 11) is 1.83. The number of hydrogen-bond acceptors (Lipinski definition) is 7. The first-order valence-electron chi connectivity index (χ1n) is 12.8. The number of nitrogens with one attached hydrogen (secondary N) is 1. The van der Waals surface area contributed by atoms with Crippen molar-refractivity contribution in [3.05, 3.63) is 41.2 Å². The lowest BCUT2D eigenvalue weighted by Crippen LogP contribution is -2.61. The van der Waals surface area contributed by atoms with E-state index in [2.05, 4.69) is 32.3 Å². The van der Waals surface area contributed by atoms with Crippen molar-refractivity contribution in [1.82, 2.24) is 34.4 Å². The highest BCUT2D eigenvalue weighted by atomic mass is 19.1. The molecule has 3 aliphatic heterocycles. The van der Waals surface area contributed by atoms with Gasteiger partial charge in [0, 0.05) is 43.4 Å². The molecular formula is C26H33FN8O. The van der Waals surface area contributed by atoms with Gasteiger partial charge in [-0.05, 0) is 45.7 Å². The quantitative estimate of drug-likeness (QED) is 0.509. The normalized spacial score (nSPS) is 24.6. The van der Waals surface area contributed by atoms with Crippen LogP contribution < -0.4 is 10.1 Å². The van der Waals surface area contributed by atoms with Crippen LogP contribution in [0.5, 0.6) is 5.75 Å². The highest BCUT2D eigenvalue weighted by Gasteiger charge is 2.41. The second-order valence-corrected chi connectivity index (χ2v) is 10.5. The van der Waals surface area contributed by atoms with E-state index in [0.29, 0.717) is 35.3 Å². The Morgan fingerprint density at radius 3 is 2.86 bits per heavy atom. The molecular weight excluding hydrogens is 459 g/mol. The first kappa shape index (κ1) is 23.1. The van der Waals surface area contributed by atoms with Crippen LogP contribution in [0.3, 0.4) is 0 Å². The van der Waals surface area contributed by atoms with Crippen LogP contribution in [0, 0.1) is 6.92 Å². The van der Waals surface area contributed by atoms with Crippen LogP contribution in [-0.2, 0) is 20.0 Å². The Labute approximate surface area is 210 Å². The van der Waals surface area contributed by atoms with Crippen LogP contribution >= 0.6 is 0 Å². The van der Waals surface area contributed by atoms with E-state index in [1.807, 2.05) is 32.2 Å². The van der Waals surface area contributed by atoms with Crippen molar-refractivity contribution >= 4 is 23.3 Å². The minimum atomic E-state index is -1.22. The Bertz CT molecular complexity index is 1310. The minimum Gasteiger partial charge on any atom is -0.488 e. The van der Waals surface area contributed by atoms with Gasteiger partial charge in [0.25, 0.3) is 0 Å². The lowest BCUT2D eigenvalue weighted by atomic mass is 9.87. The molecule has 0 amide bonds. The van der Waals surface area contributed by atoms with E-state index in [1.54, 1.807) is 15.6 Å². The molecule has 3 aliphatic rings. The largest absolute Gasteiger partial charge is 0.488 e. The fourth-order valence-electron chi connectivity index (χ4n) is 5.45. The molecule has 6 heterocycles. The Morgan fingerprint density at radius 1 is 1.14 bits per heavy atom. The van der Waals surface area contributed by atoms with Crippen LogP contribution in [-0.4, -0.2) is 65.8 Å². The second kappa shape index (κ2) is 8.99. The molecule has 190 valence electrons. The Kier molecular flexibility index (Phi) is 5.78. The van der Waals surface area contributed by atoms with Gasteiger partial charge < -0.3 is 10.1 Å². The van der Waals surface area contributed by atoms with Gasteiger partial charge in [-0.1, -0.05) is 6.42 Å². The van der Waals surface area contributed by atoms with Crippen LogP contribution in [0.4, 0.5) is 16.0 Å². The van der Waals surface area contributed by atoms with Crippen molar-refractivity contribution in [3.63, 3.8) is 0 Å². The molecule has 0 radical (unpaired) electrons. The fourth-order valence-corrected chi connectivity index (χ4v) is 5.45. The molecule has 2 unspecified atom stereocenters. The molecule has 1 saturated heterocycles. The van der Waals surface area contributed by atoms with E-state index in [4.69, 9.17) is 9.72 Å². The molecule has 2 atom stereocenters. The number of aryl methyl sites for hydroxylation is 3. The van der Waals surface area contributed by atoms with Crippen molar-refractivity contribution in [2.45, 2.75) is 64.2 Å². The van der Waals surface area contributed by atoms with Gasteiger partial charge in [-0.15, -0.1) is 0 Å². The number of nitrogens with zero attached hydrogens (tertiary/aromatic N) is 7. The third kappa shape index (κ3) is 4.27. The maximum Gasteiger partial charge on any atom is 0.165 e. The van der Waals surface area contributed by atoms with Crippen molar-refractivity contribution < 1.29 is 9.13 Å². The minimum absolute atomic E-state index is 0.0161. The average molecular weight is 493 g/mol. The zero-order valence-electron chi connectivity index (χ0n) is 21.2. The van der Waals surface area contributed by atoms with Gasteiger partial charge in [0.15, 0.2) is 11.6 Å². The standard InChI is InChI=1S/C26H33FN8O/c1-17-11-23-30-22(29-17)7-5-4-6-9-34-10-8-26(34,2)16-36-21-14-28-33(3)25(21)19-12-18-13-24(31-23)32-35(18)15-20(19)27/h11-14,20H,4-10,15-16H2,1-3H3,(H,29,30,31,32). The van der Waals surface area contributed by atoms with Gasteiger partial charge in [-0.3, -0.25) is 14.3 Å². The predicted octanol–water partition coefficient (Wildman–Crippen LogP) is 3.92. The Balaban J connectivity index is 1.37. The zero-order valence-corrected chi connectivity index (χ0v) is 21.2. The van der Waals surface area contributed by atoms with Gasteiger partial charge in [-0.2, -0.15) is 10.2 Å². The summed E-state index contributed by atoms with van der Waals surface area (Å²) in [6.45, 7) is 7.05. The summed E-state index contributed by atoms with van der Waals surface area (Å²) in [6, 6.07) is 3.84. The fraction of sp³-hybridized carbons (Fsp3) is 0.538. The van der Waals surface area contributed by atoms with E-state index in [1.165, 1.54) is 0 Å². The molecule has 3 aromatic heterocycles. The number of aromatic nitrogens is 6. The van der Waals surface area contributed by atoms with Crippen molar-refractivity contribution in [1.29, 1.82) is 0 Å². The zero-order chi connectivity index (χ0) is 24.9. The number of allylic oxidation sites excluding steroid dienone is 1. The van der Waals surface area contributed by atoms with Gasteiger partial charge in [0.1, 0.15) is 30.1 Å². The lowest BCUT2D eigenvalue weighted by Gasteiger charge is -2.50. The SMILES string of the molecule is Cc1cc2nc(n1)CCCCCN1CCC1(C)COc1cnn(C)c1C1=Cc3cc(nn3CC1F)N2.